The van der Waals surface area contributed by atoms with Crippen LogP contribution in [0.1, 0.15) is 12.5 Å². The van der Waals surface area contributed by atoms with Gasteiger partial charge in [-0.15, -0.1) is 0 Å². The Morgan fingerprint density at radius 2 is 2.19 bits per heavy atom. The fourth-order valence-electron chi connectivity index (χ4n) is 1.45. The average molecular weight is 287 g/mol. The largest absolute Gasteiger partial charge is 0.399 e. The highest BCUT2D eigenvalue weighted by Crippen LogP contribution is 2.20. The lowest BCUT2D eigenvalue weighted by molar-refractivity contribution is 0.120. The molecule has 0 unspecified atom stereocenters. The molecule has 3 nitrogen and oxygen atoms in total. The summed E-state index contributed by atoms with van der Waals surface area (Å²) in [4.78, 5) is 2.22. The van der Waals surface area contributed by atoms with Gasteiger partial charge in [-0.25, -0.2) is 0 Å². The molecule has 0 amide bonds. The number of anilines is 1. The summed E-state index contributed by atoms with van der Waals surface area (Å²) in [6.45, 7) is 5.35. The molecule has 16 heavy (non-hydrogen) atoms. The Bertz CT molecular complexity index is 331. The van der Waals surface area contributed by atoms with Gasteiger partial charge in [0.1, 0.15) is 0 Å². The molecule has 1 rings (SSSR count). The lowest BCUT2D eigenvalue weighted by atomic mass is 10.2. The summed E-state index contributed by atoms with van der Waals surface area (Å²) in [6, 6.07) is 5.89. The molecule has 0 bridgehead atoms. The van der Waals surface area contributed by atoms with Gasteiger partial charge in [-0.1, -0.05) is 15.9 Å². The van der Waals surface area contributed by atoms with E-state index in [1.807, 2.05) is 25.1 Å². The normalized spacial score (nSPS) is 11.0. The summed E-state index contributed by atoms with van der Waals surface area (Å²) < 4.78 is 6.42. The van der Waals surface area contributed by atoms with E-state index in [1.54, 1.807) is 0 Å². The van der Waals surface area contributed by atoms with E-state index in [0.29, 0.717) is 0 Å². The Morgan fingerprint density at radius 1 is 1.44 bits per heavy atom. The van der Waals surface area contributed by atoms with Crippen molar-refractivity contribution in [3.63, 3.8) is 0 Å². The van der Waals surface area contributed by atoms with Gasteiger partial charge in [0.25, 0.3) is 0 Å². The molecule has 4 heteroatoms. The lowest BCUT2D eigenvalue weighted by Gasteiger charge is -2.17. The molecule has 0 radical (unpaired) electrons. The summed E-state index contributed by atoms with van der Waals surface area (Å²) in [6.07, 6.45) is 0. The van der Waals surface area contributed by atoms with Crippen molar-refractivity contribution in [2.24, 2.45) is 0 Å². The topological polar surface area (TPSA) is 38.5 Å². The molecule has 0 saturated carbocycles. The van der Waals surface area contributed by atoms with Crippen LogP contribution in [0.15, 0.2) is 22.7 Å². The fraction of sp³-hybridized carbons (Fsp3) is 0.500. The molecule has 0 aromatic heterocycles. The first kappa shape index (κ1) is 13.5. The van der Waals surface area contributed by atoms with E-state index in [9.17, 15) is 0 Å². The third-order valence-electron chi connectivity index (χ3n) is 2.33. The summed E-state index contributed by atoms with van der Waals surface area (Å²) in [5.74, 6) is 0. The molecule has 1 aromatic rings. The smallest absolute Gasteiger partial charge is 0.0593 e. The summed E-state index contributed by atoms with van der Waals surface area (Å²) in [7, 11) is 2.08. The maximum absolute atomic E-state index is 5.76. The number of nitrogens with two attached hydrogens (primary N) is 1. The van der Waals surface area contributed by atoms with Crippen molar-refractivity contribution in [1.29, 1.82) is 0 Å². The lowest BCUT2D eigenvalue weighted by Crippen LogP contribution is -2.23. The average Bonchev–Trinajstić information content (AvgIpc) is 2.24. The molecule has 1 aromatic carbocycles. The maximum atomic E-state index is 5.76. The van der Waals surface area contributed by atoms with Crippen LogP contribution in [0.3, 0.4) is 0 Å². The second-order valence-electron chi connectivity index (χ2n) is 3.79. The zero-order valence-electron chi connectivity index (χ0n) is 9.87. The minimum atomic E-state index is 0.771. The van der Waals surface area contributed by atoms with Crippen molar-refractivity contribution in [1.82, 2.24) is 4.90 Å². The van der Waals surface area contributed by atoms with E-state index >= 15 is 0 Å². The number of likely N-dealkylation sites (N-methyl/N-ethyl adjacent to an activating group) is 1. The highest BCUT2D eigenvalue weighted by atomic mass is 79.9. The van der Waals surface area contributed by atoms with Gasteiger partial charge in [-0.05, 0) is 37.7 Å². The highest BCUT2D eigenvalue weighted by Gasteiger charge is 2.04. The highest BCUT2D eigenvalue weighted by molar-refractivity contribution is 9.10. The number of nitrogens with zero attached hydrogens (tertiary/aromatic N) is 1. The van der Waals surface area contributed by atoms with Crippen LogP contribution < -0.4 is 5.73 Å². The molecule has 90 valence electrons. The SMILES string of the molecule is CCOCCN(C)Cc1cc(N)ccc1Br. The van der Waals surface area contributed by atoms with Crippen LogP contribution in [0.4, 0.5) is 5.69 Å². The van der Waals surface area contributed by atoms with Crippen LogP contribution in [-0.4, -0.2) is 31.7 Å². The summed E-state index contributed by atoms with van der Waals surface area (Å²) in [5, 5.41) is 0. The van der Waals surface area contributed by atoms with Gasteiger partial charge >= 0.3 is 0 Å². The van der Waals surface area contributed by atoms with E-state index < -0.39 is 0 Å². The van der Waals surface area contributed by atoms with Crippen LogP contribution in [-0.2, 0) is 11.3 Å². The van der Waals surface area contributed by atoms with Crippen molar-refractivity contribution in [2.75, 3.05) is 32.5 Å². The van der Waals surface area contributed by atoms with Gasteiger partial charge in [0, 0.05) is 29.9 Å². The van der Waals surface area contributed by atoms with Crippen LogP contribution in [0.25, 0.3) is 0 Å². The molecule has 0 fully saturated rings. The van der Waals surface area contributed by atoms with E-state index in [2.05, 4.69) is 27.9 Å². The zero-order chi connectivity index (χ0) is 12.0. The molecule has 0 aliphatic rings. The minimum absolute atomic E-state index is 0.771. The molecule has 2 N–H and O–H groups in total. The molecular weight excluding hydrogens is 268 g/mol. The van der Waals surface area contributed by atoms with Gasteiger partial charge < -0.3 is 10.5 Å². The van der Waals surface area contributed by atoms with Crippen LogP contribution >= 0.6 is 15.9 Å². The Morgan fingerprint density at radius 3 is 2.88 bits per heavy atom. The van der Waals surface area contributed by atoms with Gasteiger partial charge in [-0.2, -0.15) is 0 Å². The number of hydrogen-bond donors (Lipinski definition) is 1. The zero-order valence-corrected chi connectivity index (χ0v) is 11.5. The first-order chi connectivity index (χ1) is 7.63. The van der Waals surface area contributed by atoms with E-state index in [0.717, 1.165) is 36.5 Å². The standard InChI is InChI=1S/C12H19BrN2O/c1-3-16-7-6-15(2)9-10-8-11(14)4-5-12(10)13/h4-5,8H,3,6-7,9,14H2,1-2H3. The van der Waals surface area contributed by atoms with Gasteiger partial charge in [0.15, 0.2) is 0 Å². The second-order valence-corrected chi connectivity index (χ2v) is 4.64. The van der Waals surface area contributed by atoms with Gasteiger partial charge in [-0.3, -0.25) is 4.90 Å². The van der Waals surface area contributed by atoms with Crippen molar-refractivity contribution < 1.29 is 4.74 Å². The molecule has 0 spiro atoms. The van der Waals surface area contributed by atoms with E-state index in [4.69, 9.17) is 10.5 Å². The van der Waals surface area contributed by atoms with Gasteiger partial charge in [0.2, 0.25) is 0 Å². The molecule has 0 saturated heterocycles. The first-order valence-electron chi connectivity index (χ1n) is 5.43. The third-order valence-corrected chi connectivity index (χ3v) is 3.11. The summed E-state index contributed by atoms with van der Waals surface area (Å²) in [5.41, 5.74) is 7.77. The number of halogens is 1. The Labute approximate surface area is 106 Å². The number of rotatable bonds is 6. The summed E-state index contributed by atoms with van der Waals surface area (Å²) >= 11 is 3.53. The van der Waals surface area contributed by atoms with Crippen LogP contribution in [0.2, 0.25) is 0 Å². The fourth-order valence-corrected chi connectivity index (χ4v) is 1.82. The molecule has 0 atom stereocenters. The number of benzene rings is 1. The van der Waals surface area contributed by atoms with Crippen molar-refractivity contribution >= 4 is 21.6 Å². The third kappa shape index (κ3) is 4.51. The number of nitrogen functional groups attached to an aromatic ring is 1. The molecule has 0 aliphatic heterocycles. The van der Waals surface area contributed by atoms with Crippen molar-refractivity contribution in [2.45, 2.75) is 13.5 Å². The Balaban J connectivity index is 2.48. The van der Waals surface area contributed by atoms with E-state index in [-0.39, 0.29) is 0 Å². The Kier molecular flexibility index (Phi) is 5.80. The predicted molar refractivity (Wildman–Crippen MR) is 71.4 cm³/mol. The van der Waals surface area contributed by atoms with Crippen molar-refractivity contribution in [3.8, 4) is 0 Å². The quantitative estimate of drug-likeness (QED) is 0.645. The van der Waals surface area contributed by atoms with Crippen LogP contribution in [0.5, 0.6) is 0 Å². The maximum Gasteiger partial charge on any atom is 0.0593 e. The second kappa shape index (κ2) is 6.89. The van der Waals surface area contributed by atoms with Crippen molar-refractivity contribution in [3.05, 3.63) is 28.2 Å². The minimum Gasteiger partial charge on any atom is -0.399 e. The predicted octanol–water partition coefficient (Wildman–Crippen LogP) is 2.50. The first-order valence-corrected chi connectivity index (χ1v) is 6.23. The Hall–Kier alpha value is -0.580. The molecular formula is C12H19BrN2O. The number of ether oxygens (including phenoxy) is 1. The number of hydrogen-bond acceptors (Lipinski definition) is 3. The molecule has 0 heterocycles. The van der Waals surface area contributed by atoms with Crippen LogP contribution in [0, 0.1) is 0 Å². The van der Waals surface area contributed by atoms with Gasteiger partial charge in [0.05, 0.1) is 6.61 Å². The van der Waals surface area contributed by atoms with E-state index in [1.165, 1.54) is 5.56 Å². The molecule has 0 aliphatic carbocycles. The monoisotopic (exact) mass is 286 g/mol.